The lowest BCUT2D eigenvalue weighted by atomic mass is 10.1. The number of hydrogen-bond donors (Lipinski definition) is 1. The molecule has 0 amide bonds. The van der Waals surface area contributed by atoms with Gasteiger partial charge in [-0.25, -0.2) is 4.79 Å². The molecular formula is C10H15NO3. The summed E-state index contributed by atoms with van der Waals surface area (Å²) < 4.78 is 4.59. The van der Waals surface area contributed by atoms with Crippen LogP contribution in [0, 0.1) is 0 Å². The van der Waals surface area contributed by atoms with Crippen LogP contribution in [0.4, 0.5) is 0 Å². The van der Waals surface area contributed by atoms with Crippen molar-refractivity contribution in [2.24, 2.45) is 0 Å². The fraction of sp³-hybridized carbons (Fsp3) is 0.500. The first-order chi connectivity index (χ1) is 6.60. The van der Waals surface area contributed by atoms with E-state index in [1.807, 2.05) is 6.92 Å². The van der Waals surface area contributed by atoms with Crippen LogP contribution >= 0.6 is 0 Å². The van der Waals surface area contributed by atoms with Crippen LogP contribution in [0.15, 0.2) is 23.1 Å². The summed E-state index contributed by atoms with van der Waals surface area (Å²) in [6.45, 7) is 2.54. The summed E-state index contributed by atoms with van der Waals surface area (Å²) in [4.78, 5) is 13.0. The van der Waals surface area contributed by atoms with Crippen molar-refractivity contribution in [3.8, 4) is 0 Å². The lowest BCUT2D eigenvalue weighted by Gasteiger charge is -2.26. The van der Waals surface area contributed by atoms with Crippen LogP contribution in [0.25, 0.3) is 0 Å². The minimum atomic E-state index is -0.422. The number of likely N-dealkylation sites (N-methyl/N-ethyl adjacent to an activating group) is 1. The molecule has 78 valence electrons. The predicted molar refractivity (Wildman–Crippen MR) is 52.7 cm³/mol. The van der Waals surface area contributed by atoms with Crippen molar-refractivity contribution in [1.29, 1.82) is 0 Å². The Kier molecular flexibility index (Phi) is 3.17. The molecule has 4 nitrogen and oxygen atoms in total. The van der Waals surface area contributed by atoms with Crippen molar-refractivity contribution in [3.63, 3.8) is 0 Å². The van der Waals surface area contributed by atoms with Gasteiger partial charge >= 0.3 is 5.97 Å². The minimum Gasteiger partial charge on any atom is -0.508 e. The lowest BCUT2D eigenvalue weighted by molar-refractivity contribution is -0.137. The molecule has 0 aromatic rings. The monoisotopic (exact) mass is 197 g/mol. The van der Waals surface area contributed by atoms with Gasteiger partial charge in [-0.2, -0.15) is 0 Å². The molecule has 0 unspecified atom stereocenters. The molecule has 0 bridgehead atoms. The number of esters is 1. The summed E-state index contributed by atoms with van der Waals surface area (Å²) in [5.74, 6) is -0.236. The molecule has 1 aliphatic rings. The molecule has 0 aromatic carbocycles. The summed E-state index contributed by atoms with van der Waals surface area (Å²) in [6.07, 6.45) is 2.23. The lowest BCUT2D eigenvalue weighted by Crippen LogP contribution is -2.29. The molecule has 0 saturated heterocycles. The number of hydrogen-bond acceptors (Lipinski definition) is 4. The zero-order valence-corrected chi connectivity index (χ0v) is 8.70. The maximum absolute atomic E-state index is 11.3. The Morgan fingerprint density at radius 2 is 2.36 bits per heavy atom. The normalized spacial score (nSPS) is 16.8. The van der Waals surface area contributed by atoms with E-state index in [1.165, 1.54) is 13.2 Å². The predicted octanol–water partition coefficient (Wildman–Crippen LogP) is 1.21. The van der Waals surface area contributed by atoms with Gasteiger partial charge in [0.25, 0.3) is 0 Å². The molecule has 0 saturated carbocycles. The Bertz CT molecular complexity index is 304. The Morgan fingerprint density at radius 1 is 1.71 bits per heavy atom. The van der Waals surface area contributed by atoms with Crippen LogP contribution in [0.3, 0.4) is 0 Å². The van der Waals surface area contributed by atoms with Crippen LogP contribution in [0.2, 0.25) is 0 Å². The molecule has 1 N–H and O–H groups in total. The van der Waals surface area contributed by atoms with Crippen molar-refractivity contribution >= 4 is 5.97 Å². The number of allylic oxidation sites excluding steroid dienone is 1. The van der Waals surface area contributed by atoms with Gasteiger partial charge in [-0.1, -0.05) is 6.92 Å². The van der Waals surface area contributed by atoms with E-state index < -0.39 is 5.97 Å². The number of aliphatic hydroxyl groups is 1. The number of methoxy groups -OCH3 is 1. The number of aliphatic hydroxyl groups excluding tert-OH is 1. The molecule has 0 fully saturated rings. The first-order valence-electron chi connectivity index (χ1n) is 4.52. The molecule has 0 atom stereocenters. The van der Waals surface area contributed by atoms with Gasteiger partial charge in [0, 0.05) is 19.7 Å². The molecule has 0 radical (unpaired) electrons. The standard InChI is InChI=1S/C10H15NO3/c1-4-7-6-11(2)8(5-9(7)12)10(13)14-3/h5,12H,4,6H2,1-3H3. The van der Waals surface area contributed by atoms with Gasteiger partial charge in [0.15, 0.2) is 0 Å². The van der Waals surface area contributed by atoms with Gasteiger partial charge in [-0.3, -0.25) is 0 Å². The van der Waals surface area contributed by atoms with Crippen LogP contribution in [-0.4, -0.2) is 36.7 Å². The van der Waals surface area contributed by atoms with Gasteiger partial charge in [-0.15, -0.1) is 0 Å². The van der Waals surface area contributed by atoms with E-state index in [0.29, 0.717) is 12.2 Å². The number of carbonyl (C=O) groups is 1. The van der Waals surface area contributed by atoms with E-state index in [2.05, 4.69) is 4.74 Å². The Balaban J connectivity index is 2.97. The largest absolute Gasteiger partial charge is 0.508 e. The van der Waals surface area contributed by atoms with Crippen molar-refractivity contribution in [1.82, 2.24) is 4.90 Å². The zero-order valence-electron chi connectivity index (χ0n) is 8.70. The van der Waals surface area contributed by atoms with Gasteiger partial charge < -0.3 is 14.7 Å². The molecule has 0 aliphatic carbocycles. The van der Waals surface area contributed by atoms with E-state index >= 15 is 0 Å². The average Bonchev–Trinajstić information content (AvgIpc) is 2.19. The van der Waals surface area contributed by atoms with Crippen molar-refractivity contribution < 1.29 is 14.6 Å². The summed E-state index contributed by atoms with van der Waals surface area (Å²) in [6, 6.07) is 0. The summed E-state index contributed by atoms with van der Waals surface area (Å²) in [7, 11) is 3.12. The highest BCUT2D eigenvalue weighted by Crippen LogP contribution is 2.20. The van der Waals surface area contributed by atoms with E-state index in [0.717, 1.165) is 12.0 Å². The van der Waals surface area contributed by atoms with E-state index in [4.69, 9.17) is 0 Å². The van der Waals surface area contributed by atoms with Crippen LogP contribution < -0.4 is 0 Å². The highest BCUT2D eigenvalue weighted by Gasteiger charge is 2.21. The summed E-state index contributed by atoms with van der Waals surface area (Å²) in [5.41, 5.74) is 1.32. The summed E-state index contributed by atoms with van der Waals surface area (Å²) >= 11 is 0. The van der Waals surface area contributed by atoms with Crippen molar-refractivity contribution in [3.05, 3.63) is 23.1 Å². The van der Waals surface area contributed by atoms with Gasteiger partial charge in [0.2, 0.25) is 0 Å². The maximum Gasteiger partial charge on any atom is 0.354 e. The Morgan fingerprint density at radius 3 is 2.86 bits per heavy atom. The topological polar surface area (TPSA) is 49.8 Å². The van der Waals surface area contributed by atoms with E-state index in [9.17, 15) is 9.90 Å². The highest BCUT2D eigenvalue weighted by atomic mass is 16.5. The highest BCUT2D eigenvalue weighted by molar-refractivity contribution is 5.88. The second kappa shape index (κ2) is 4.17. The van der Waals surface area contributed by atoms with Gasteiger partial charge in [0.05, 0.1) is 7.11 Å². The quantitative estimate of drug-likeness (QED) is 0.676. The molecule has 1 rings (SSSR count). The van der Waals surface area contributed by atoms with E-state index in [1.54, 1.807) is 11.9 Å². The molecule has 14 heavy (non-hydrogen) atoms. The fourth-order valence-electron chi connectivity index (χ4n) is 1.41. The second-order valence-corrected chi connectivity index (χ2v) is 3.22. The first-order valence-corrected chi connectivity index (χ1v) is 4.52. The second-order valence-electron chi connectivity index (χ2n) is 3.22. The van der Waals surface area contributed by atoms with Crippen LogP contribution in [0.5, 0.6) is 0 Å². The molecule has 0 spiro atoms. The maximum atomic E-state index is 11.3. The molecule has 1 aliphatic heterocycles. The molecule has 1 heterocycles. The molecule has 0 aromatic heterocycles. The summed E-state index contributed by atoms with van der Waals surface area (Å²) in [5, 5.41) is 9.57. The number of ether oxygens (including phenoxy) is 1. The van der Waals surface area contributed by atoms with Crippen LogP contribution in [0.1, 0.15) is 13.3 Å². The Labute approximate surface area is 83.5 Å². The SMILES string of the molecule is CCC1=C(O)C=C(C(=O)OC)N(C)C1. The third-order valence-corrected chi connectivity index (χ3v) is 2.30. The van der Waals surface area contributed by atoms with Gasteiger partial charge in [-0.05, 0) is 12.0 Å². The number of carbonyl (C=O) groups excluding carboxylic acids is 1. The number of nitrogens with zero attached hydrogens (tertiary/aromatic N) is 1. The zero-order chi connectivity index (χ0) is 10.7. The van der Waals surface area contributed by atoms with Crippen LogP contribution in [-0.2, 0) is 9.53 Å². The minimum absolute atomic E-state index is 0.186. The molecular weight excluding hydrogens is 182 g/mol. The van der Waals surface area contributed by atoms with Crippen molar-refractivity contribution in [2.75, 3.05) is 20.7 Å². The fourth-order valence-corrected chi connectivity index (χ4v) is 1.41. The van der Waals surface area contributed by atoms with Crippen molar-refractivity contribution in [2.45, 2.75) is 13.3 Å². The molecule has 4 heteroatoms. The Hall–Kier alpha value is -1.45. The van der Waals surface area contributed by atoms with Gasteiger partial charge in [0.1, 0.15) is 11.5 Å². The number of rotatable bonds is 2. The first kappa shape index (κ1) is 10.6. The average molecular weight is 197 g/mol. The van der Waals surface area contributed by atoms with E-state index in [-0.39, 0.29) is 5.76 Å². The third kappa shape index (κ3) is 1.89. The smallest absolute Gasteiger partial charge is 0.354 e. The third-order valence-electron chi connectivity index (χ3n) is 2.30.